The Morgan fingerprint density at radius 3 is 2.35 bits per heavy atom. The Kier molecular flexibility index (Phi) is 5.75. The van der Waals surface area contributed by atoms with E-state index < -0.39 is 40.4 Å². The summed E-state index contributed by atoms with van der Waals surface area (Å²) < 4.78 is 71.8. The molecule has 34 heavy (non-hydrogen) atoms. The Hall–Kier alpha value is -3.96. The number of benzene rings is 1. The van der Waals surface area contributed by atoms with Gasteiger partial charge in [0.05, 0.1) is 13.1 Å². The fraction of sp³-hybridized carbons (Fsp3) is 0.227. The number of amides is 1. The van der Waals surface area contributed by atoms with Gasteiger partial charge < -0.3 is 20.4 Å². The number of nitrogens with zero attached hydrogens (tertiary/aromatic N) is 2. The van der Waals surface area contributed by atoms with Gasteiger partial charge in [-0.05, 0) is 29.8 Å². The minimum absolute atomic E-state index is 0.0794. The highest BCUT2D eigenvalue weighted by Gasteiger charge is 2.44. The monoisotopic (exact) mass is 480 g/mol. The van der Waals surface area contributed by atoms with Crippen LogP contribution in [0.1, 0.15) is 21.6 Å². The number of primary amides is 1. The molecule has 12 heteroatoms. The molecular formula is C22H17F5N4O3. The zero-order valence-corrected chi connectivity index (χ0v) is 17.3. The molecular weight excluding hydrogens is 463 g/mol. The predicted octanol–water partition coefficient (Wildman–Crippen LogP) is 3.59. The molecule has 0 unspecified atom stereocenters. The van der Waals surface area contributed by atoms with Crippen molar-refractivity contribution in [1.82, 2.24) is 9.97 Å². The van der Waals surface area contributed by atoms with Crippen molar-refractivity contribution < 1.29 is 31.5 Å². The van der Waals surface area contributed by atoms with Gasteiger partial charge in [0, 0.05) is 17.3 Å². The molecule has 1 aliphatic heterocycles. The van der Waals surface area contributed by atoms with Crippen LogP contribution in [-0.4, -0.2) is 34.9 Å². The number of anilines is 1. The molecule has 2 aromatic heterocycles. The molecule has 0 aliphatic carbocycles. The number of ether oxygens (including phenoxy) is 1. The minimum Gasteiger partial charge on any atom is -0.489 e. The number of nitrogens with two attached hydrogens (primary N) is 1. The fourth-order valence-corrected chi connectivity index (χ4v) is 3.43. The molecule has 3 aromatic rings. The maximum absolute atomic E-state index is 13.4. The largest absolute Gasteiger partial charge is 0.489 e. The number of carbonyl (C=O) groups is 1. The molecule has 0 bridgehead atoms. The SMILES string of the molecule is NC(=O)c1cc(-c2ccc(OCc3ccc(N4CC(F)(F)C4)nc3)cc2)c(C(F)(F)F)[nH]c1=O. The number of H-pyrrole nitrogens is 1. The van der Waals surface area contributed by atoms with Crippen molar-refractivity contribution in [3.05, 3.63) is 75.8 Å². The summed E-state index contributed by atoms with van der Waals surface area (Å²) in [7, 11) is 0. The first-order chi connectivity index (χ1) is 15.9. The molecule has 0 atom stereocenters. The van der Waals surface area contributed by atoms with E-state index in [-0.39, 0.29) is 25.3 Å². The van der Waals surface area contributed by atoms with Crippen LogP contribution in [0.15, 0.2) is 53.5 Å². The second-order valence-corrected chi connectivity index (χ2v) is 7.71. The molecule has 0 spiro atoms. The van der Waals surface area contributed by atoms with Gasteiger partial charge >= 0.3 is 6.18 Å². The number of rotatable bonds is 6. The van der Waals surface area contributed by atoms with Crippen LogP contribution in [0.3, 0.4) is 0 Å². The van der Waals surface area contributed by atoms with E-state index in [9.17, 15) is 31.5 Å². The number of hydrogen-bond acceptors (Lipinski definition) is 5. The maximum atomic E-state index is 13.4. The summed E-state index contributed by atoms with van der Waals surface area (Å²) in [5.41, 5.74) is 2.28. The average molecular weight is 480 g/mol. The average Bonchev–Trinajstić information content (AvgIpc) is 2.76. The molecule has 1 amide bonds. The lowest BCUT2D eigenvalue weighted by Gasteiger charge is -2.39. The van der Waals surface area contributed by atoms with Crippen LogP contribution in [-0.2, 0) is 12.8 Å². The van der Waals surface area contributed by atoms with E-state index in [2.05, 4.69) is 4.98 Å². The first-order valence-electron chi connectivity index (χ1n) is 9.88. The fourth-order valence-electron chi connectivity index (χ4n) is 3.43. The number of pyridine rings is 2. The standard InChI is InChI=1S/C22H17F5N4O3/c23-21(24)10-31(11-21)17-6-1-12(8-29-17)9-34-14-4-2-13(3-5-14)15-7-16(19(28)32)20(33)30-18(15)22(25,26)27/h1-8H,9-11H2,(H2,28,32)(H,30,33). The second kappa shape index (κ2) is 8.43. The van der Waals surface area contributed by atoms with E-state index in [1.807, 2.05) is 0 Å². The number of alkyl halides is 5. The normalized spacial score (nSPS) is 15.0. The molecule has 3 heterocycles. The van der Waals surface area contributed by atoms with Crippen molar-refractivity contribution in [2.75, 3.05) is 18.0 Å². The first-order valence-corrected chi connectivity index (χ1v) is 9.88. The molecule has 178 valence electrons. The number of hydrogen-bond donors (Lipinski definition) is 2. The van der Waals surface area contributed by atoms with E-state index in [4.69, 9.17) is 10.5 Å². The van der Waals surface area contributed by atoms with Gasteiger partial charge in [0.2, 0.25) is 0 Å². The number of nitrogens with one attached hydrogen (secondary N) is 1. The molecule has 0 radical (unpaired) electrons. The van der Waals surface area contributed by atoms with Crippen LogP contribution < -0.4 is 20.9 Å². The van der Waals surface area contributed by atoms with Gasteiger partial charge in [0.1, 0.15) is 29.4 Å². The Morgan fingerprint density at radius 1 is 1.15 bits per heavy atom. The van der Waals surface area contributed by atoms with E-state index >= 15 is 0 Å². The summed E-state index contributed by atoms with van der Waals surface area (Å²) in [4.78, 5) is 30.4. The van der Waals surface area contributed by atoms with Crippen molar-refractivity contribution in [3.8, 4) is 16.9 Å². The van der Waals surface area contributed by atoms with E-state index in [0.717, 1.165) is 6.07 Å². The van der Waals surface area contributed by atoms with Crippen LogP contribution in [0, 0.1) is 0 Å². The van der Waals surface area contributed by atoms with Crippen molar-refractivity contribution >= 4 is 11.7 Å². The van der Waals surface area contributed by atoms with E-state index in [1.54, 1.807) is 17.1 Å². The Morgan fingerprint density at radius 2 is 1.82 bits per heavy atom. The summed E-state index contributed by atoms with van der Waals surface area (Å²) >= 11 is 0. The summed E-state index contributed by atoms with van der Waals surface area (Å²) in [6.45, 7) is -0.677. The zero-order chi connectivity index (χ0) is 24.7. The summed E-state index contributed by atoms with van der Waals surface area (Å²) in [6, 6.07) is 9.61. The maximum Gasteiger partial charge on any atom is 0.431 e. The Balaban J connectivity index is 1.48. The third kappa shape index (κ3) is 4.85. The molecule has 1 fully saturated rings. The van der Waals surface area contributed by atoms with Crippen molar-refractivity contribution in [3.63, 3.8) is 0 Å². The lowest BCUT2D eigenvalue weighted by molar-refractivity contribution is -0.140. The minimum atomic E-state index is -4.87. The van der Waals surface area contributed by atoms with Gasteiger partial charge in [0.25, 0.3) is 17.4 Å². The predicted molar refractivity (Wildman–Crippen MR) is 112 cm³/mol. The van der Waals surface area contributed by atoms with Gasteiger partial charge in [-0.2, -0.15) is 13.2 Å². The summed E-state index contributed by atoms with van der Waals surface area (Å²) in [5, 5.41) is 0. The van der Waals surface area contributed by atoms with E-state index in [0.29, 0.717) is 17.1 Å². The molecule has 1 saturated heterocycles. The number of halogens is 5. The second-order valence-electron chi connectivity index (χ2n) is 7.71. The Bertz CT molecular complexity index is 1260. The Labute approximate surface area is 189 Å². The van der Waals surface area contributed by atoms with Gasteiger partial charge in [-0.1, -0.05) is 18.2 Å². The summed E-state index contributed by atoms with van der Waals surface area (Å²) in [5.74, 6) is -3.09. The lowest BCUT2D eigenvalue weighted by atomic mass is 10.0. The van der Waals surface area contributed by atoms with Crippen molar-refractivity contribution in [1.29, 1.82) is 0 Å². The quantitative estimate of drug-likeness (QED) is 0.526. The third-order valence-corrected chi connectivity index (χ3v) is 5.14. The van der Waals surface area contributed by atoms with Gasteiger partial charge in [-0.3, -0.25) is 9.59 Å². The molecule has 1 aliphatic rings. The number of aromatic amines is 1. The van der Waals surface area contributed by atoms with Gasteiger partial charge in [-0.15, -0.1) is 0 Å². The lowest BCUT2D eigenvalue weighted by Crippen LogP contribution is -2.56. The first kappa shape index (κ1) is 23.2. The van der Waals surface area contributed by atoms with Crippen LogP contribution in [0.4, 0.5) is 27.8 Å². The third-order valence-electron chi connectivity index (χ3n) is 5.14. The highest BCUT2D eigenvalue weighted by molar-refractivity contribution is 5.94. The summed E-state index contributed by atoms with van der Waals surface area (Å²) in [6.07, 6.45) is -3.38. The van der Waals surface area contributed by atoms with Crippen molar-refractivity contribution in [2.45, 2.75) is 18.7 Å². The van der Waals surface area contributed by atoms with E-state index in [1.165, 1.54) is 35.4 Å². The molecule has 1 aromatic carbocycles. The molecule has 0 saturated carbocycles. The zero-order valence-electron chi connectivity index (χ0n) is 17.3. The van der Waals surface area contributed by atoms with Crippen molar-refractivity contribution in [2.24, 2.45) is 5.73 Å². The highest BCUT2D eigenvalue weighted by atomic mass is 19.4. The van der Waals surface area contributed by atoms with Crippen LogP contribution in [0.25, 0.3) is 11.1 Å². The smallest absolute Gasteiger partial charge is 0.431 e. The number of aromatic nitrogens is 2. The molecule has 7 nitrogen and oxygen atoms in total. The highest BCUT2D eigenvalue weighted by Crippen LogP contribution is 2.36. The molecule has 4 rings (SSSR count). The van der Waals surface area contributed by atoms with Crippen LogP contribution in [0.5, 0.6) is 5.75 Å². The number of carbonyl (C=O) groups excluding carboxylic acids is 1. The van der Waals surface area contributed by atoms with Gasteiger partial charge in [-0.25, -0.2) is 13.8 Å². The van der Waals surface area contributed by atoms with Crippen LogP contribution in [0.2, 0.25) is 0 Å². The van der Waals surface area contributed by atoms with Gasteiger partial charge in [0.15, 0.2) is 0 Å². The molecule has 3 N–H and O–H groups in total. The van der Waals surface area contributed by atoms with Crippen LogP contribution >= 0.6 is 0 Å². The topological polar surface area (TPSA) is 101 Å².